The van der Waals surface area contributed by atoms with Gasteiger partial charge in [-0.2, -0.15) is 0 Å². The number of hydrogen-bond acceptors (Lipinski definition) is 4. The molecule has 1 unspecified atom stereocenters. The van der Waals surface area contributed by atoms with Crippen molar-refractivity contribution >= 4 is 17.3 Å². The van der Waals surface area contributed by atoms with E-state index in [1.165, 1.54) is 17.7 Å². The first-order valence-electron chi connectivity index (χ1n) is 8.27. The Morgan fingerprint density at radius 3 is 2.48 bits per heavy atom. The fourth-order valence-electron chi connectivity index (χ4n) is 2.55. The fourth-order valence-corrected chi connectivity index (χ4v) is 2.55. The molecule has 2 aromatic rings. The molecule has 0 spiro atoms. The standard InChI is InChI=1S/C19H23N3O3/c1-15(21(2)14-8-11-16-9-4-3-5-10-16)19(23)20-17-12-6-7-13-18(17)22(24)25/h3-7,9-10,12-13,15H,8,11,14H2,1-2H3,(H,20,23). The molecule has 0 saturated carbocycles. The number of nitro groups is 1. The Morgan fingerprint density at radius 2 is 1.80 bits per heavy atom. The molecule has 0 aromatic heterocycles. The fraction of sp³-hybridized carbons (Fsp3) is 0.316. The van der Waals surface area contributed by atoms with E-state index >= 15 is 0 Å². The molecule has 132 valence electrons. The highest BCUT2D eigenvalue weighted by molar-refractivity contribution is 5.96. The molecular weight excluding hydrogens is 318 g/mol. The Kier molecular flexibility index (Phi) is 6.65. The quantitative estimate of drug-likeness (QED) is 0.589. The molecule has 1 amide bonds. The van der Waals surface area contributed by atoms with Gasteiger partial charge in [0.2, 0.25) is 5.91 Å². The molecular formula is C19H23N3O3. The topological polar surface area (TPSA) is 75.5 Å². The minimum Gasteiger partial charge on any atom is -0.319 e. The number of rotatable bonds is 8. The second-order valence-corrected chi connectivity index (χ2v) is 6.01. The summed E-state index contributed by atoms with van der Waals surface area (Å²) >= 11 is 0. The number of nitro benzene ring substituents is 1. The Bertz CT molecular complexity index is 719. The lowest BCUT2D eigenvalue weighted by Crippen LogP contribution is -2.40. The van der Waals surface area contributed by atoms with Gasteiger partial charge in [0.25, 0.3) is 5.69 Å². The summed E-state index contributed by atoms with van der Waals surface area (Å²) in [4.78, 5) is 24.9. The van der Waals surface area contributed by atoms with E-state index in [9.17, 15) is 14.9 Å². The van der Waals surface area contributed by atoms with E-state index in [0.29, 0.717) is 0 Å². The number of carbonyl (C=O) groups is 1. The number of anilines is 1. The molecule has 6 heteroatoms. The lowest BCUT2D eigenvalue weighted by atomic mass is 10.1. The van der Waals surface area contributed by atoms with Crippen LogP contribution in [0.3, 0.4) is 0 Å². The Labute approximate surface area is 147 Å². The molecule has 1 N–H and O–H groups in total. The highest BCUT2D eigenvalue weighted by Crippen LogP contribution is 2.23. The summed E-state index contributed by atoms with van der Waals surface area (Å²) in [5.74, 6) is -0.253. The van der Waals surface area contributed by atoms with Gasteiger partial charge in [0.15, 0.2) is 0 Å². The molecule has 0 heterocycles. The van der Waals surface area contributed by atoms with E-state index in [-0.39, 0.29) is 23.3 Å². The third-order valence-electron chi connectivity index (χ3n) is 4.22. The number of nitrogens with one attached hydrogen (secondary N) is 1. The Hall–Kier alpha value is -2.73. The van der Waals surface area contributed by atoms with Gasteiger partial charge in [0.05, 0.1) is 11.0 Å². The summed E-state index contributed by atoms with van der Waals surface area (Å²) in [6.07, 6.45) is 1.88. The summed E-state index contributed by atoms with van der Waals surface area (Å²) in [6.45, 7) is 2.56. The van der Waals surface area contributed by atoms with Gasteiger partial charge >= 0.3 is 0 Å². The predicted molar refractivity (Wildman–Crippen MR) is 98.6 cm³/mol. The number of hydrogen-bond donors (Lipinski definition) is 1. The van der Waals surface area contributed by atoms with Crippen LogP contribution in [0.15, 0.2) is 54.6 Å². The third-order valence-corrected chi connectivity index (χ3v) is 4.22. The summed E-state index contributed by atoms with van der Waals surface area (Å²) in [6, 6.07) is 16.0. The monoisotopic (exact) mass is 341 g/mol. The zero-order valence-electron chi connectivity index (χ0n) is 14.5. The van der Waals surface area contributed by atoms with E-state index in [0.717, 1.165) is 19.4 Å². The van der Waals surface area contributed by atoms with Crippen LogP contribution in [0, 0.1) is 10.1 Å². The molecule has 2 aromatic carbocycles. The Balaban J connectivity index is 1.87. The van der Waals surface area contributed by atoms with E-state index in [1.54, 1.807) is 19.1 Å². The number of amides is 1. The first kappa shape index (κ1) is 18.6. The van der Waals surface area contributed by atoms with Crippen LogP contribution in [-0.4, -0.2) is 35.4 Å². The molecule has 0 bridgehead atoms. The zero-order chi connectivity index (χ0) is 18.2. The van der Waals surface area contributed by atoms with E-state index in [4.69, 9.17) is 0 Å². The van der Waals surface area contributed by atoms with Crippen molar-refractivity contribution in [2.24, 2.45) is 0 Å². The van der Waals surface area contributed by atoms with Crippen molar-refractivity contribution in [3.8, 4) is 0 Å². The average molecular weight is 341 g/mol. The summed E-state index contributed by atoms with van der Waals surface area (Å²) in [7, 11) is 1.88. The second-order valence-electron chi connectivity index (χ2n) is 6.01. The molecule has 1 atom stereocenters. The number of carbonyl (C=O) groups excluding carboxylic acids is 1. The van der Waals surface area contributed by atoms with Gasteiger partial charge in [-0.05, 0) is 45.0 Å². The lowest BCUT2D eigenvalue weighted by Gasteiger charge is -2.23. The van der Waals surface area contributed by atoms with Gasteiger partial charge in [-0.25, -0.2) is 0 Å². The van der Waals surface area contributed by atoms with Crippen molar-refractivity contribution in [2.75, 3.05) is 18.9 Å². The minimum atomic E-state index is -0.496. The van der Waals surface area contributed by atoms with Crippen molar-refractivity contribution < 1.29 is 9.72 Å². The summed E-state index contributed by atoms with van der Waals surface area (Å²) < 4.78 is 0. The molecule has 0 aliphatic heterocycles. The van der Waals surface area contributed by atoms with Gasteiger partial charge in [0.1, 0.15) is 5.69 Å². The lowest BCUT2D eigenvalue weighted by molar-refractivity contribution is -0.383. The number of aryl methyl sites for hydroxylation is 1. The van der Waals surface area contributed by atoms with Crippen molar-refractivity contribution in [3.63, 3.8) is 0 Å². The number of nitrogens with zero attached hydrogens (tertiary/aromatic N) is 2. The summed E-state index contributed by atoms with van der Waals surface area (Å²) in [5, 5.41) is 13.7. The maximum atomic E-state index is 12.4. The van der Waals surface area contributed by atoms with Crippen molar-refractivity contribution in [3.05, 3.63) is 70.3 Å². The Morgan fingerprint density at radius 1 is 1.16 bits per heavy atom. The zero-order valence-corrected chi connectivity index (χ0v) is 14.5. The molecule has 0 saturated heterocycles. The third kappa shape index (κ3) is 5.39. The van der Waals surface area contributed by atoms with Crippen molar-refractivity contribution in [1.29, 1.82) is 0 Å². The van der Waals surface area contributed by atoms with Crippen LogP contribution >= 0.6 is 0 Å². The highest BCUT2D eigenvalue weighted by Gasteiger charge is 2.21. The van der Waals surface area contributed by atoms with E-state index in [1.807, 2.05) is 30.1 Å². The highest BCUT2D eigenvalue weighted by atomic mass is 16.6. The number of para-hydroxylation sites is 2. The van der Waals surface area contributed by atoms with Crippen LogP contribution in [0.5, 0.6) is 0 Å². The van der Waals surface area contributed by atoms with Crippen LogP contribution in [0.25, 0.3) is 0 Å². The molecule has 0 fully saturated rings. The maximum absolute atomic E-state index is 12.4. The van der Waals surface area contributed by atoms with Crippen molar-refractivity contribution in [2.45, 2.75) is 25.8 Å². The normalized spacial score (nSPS) is 12.0. The van der Waals surface area contributed by atoms with E-state index < -0.39 is 4.92 Å². The minimum absolute atomic E-state index is 0.102. The van der Waals surface area contributed by atoms with Gasteiger partial charge in [-0.1, -0.05) is 42.5 Å². The van der Waals surface area contributed by atoms with Gasteiger partial charge in [-0.15, -0.1) is 0 Å². The molecule has 0 radical (unpaired) electrons. The molecule has 6 nitrogen and oxygen atoms in total. The summed E-state index contributed by atoms with van der Waals surface area (Å²) in [5.41, 5.74) is 1.39. The number of benzene rings is 2. The first-order chi connectivity index (χ1) is 12.0. The van der Waals surface area contributed by atoms with E-state index in [2.05, 4.69) is 17.4 Å². The SMILES string of the molecule is CC(C(=O)Nc1ccccc1[N+](=O)[O-])N(C)CCCc1ccccc1. The van der Waals surface area contributed by atoms with Gasteiger partial charge < -0.3 is 5.32 Å². The smallest absolute Gasteiger partial charge is 0.292 e. The largest absolute Gasteiger partial charge is 0.319 e. The van der Waals surface area contributed by atoms with Crippen LogP contribution in [0.1, 0.15) is 18.9 Å². The molecule has 2 rings (SSSR count). The van der Waals surface area contributed by atoms with Crippen LogP contribution in [-0.2, 0) is 11.2 Å². The van der Waals surface area contributed by atoms with Gasteiger partial charge in [0, 0.05) is 6.07 Å². The molecule has 25 heavy (non-hydrogen) atoms. The maximum Gasteiger partial charge on any atom is 0.292 e. The molecule has 0 aliphatic carbocycles. The predicted octanol–water partition coefficient (Wildman–Crippen LogP) is 3.49. The van der Waals surface area contributed by atoms with Gasteiger partial charge in [-0.3, -0.25) is 19.8 Å². The molecule has 0 aliphatic rings. The average Bonchev–Trinajstić information content (AvgIpc) is 2.62. The first-order valence-corrected chi connectivity index (χ1v) is 8.27. The second kappa shape index (κ2) is 8.94. The number of likely N-dealkylation sites (N-methyl/N-ethyl adjacent to an activating group) is 1. The van der Waals surface area contributed by atoms with Crippen molar-refractivity contribution in [1.82, 2.24) is 4.90 Å². The van der Waals surface area contributed by atoms with Crippen LogP contribution in [0.2, 0.25) is 0 Å². The van der Waals surface area contributed by atoms with Crippen LogP contribution < -0.4 is 5.32 Å². The van der Waals surface area contributed by atoms with Crippen LogP contribution in [0.4, 0.5) is 11.4 Å².